The second kappa shape index (κ2) is 11.0. The van der Waals surface area contributed by atoms with Crippen molar-refractivity contribution in [2.24, 2.45) is 0 Å². The smallest absolute Gasteiger partial charge is 0.160 e. The third kappa shape index (κ3) is 4.26. The summed E-state index contributed by atoms with van der Waals surface area (Å²) in [5.41, 5.74) is 9.14. The SMILES string of the molecule is N#Cc1c(-c2ccc3ccccc3c2)nc(-c2ccccc2)nc1-c1ccc2c(c1)c1ccc3oc4ccccc4c3c1n2-c1ccccc1. The van der Waals surface area contributed by atoms with Crippen LogP contribution in [0.15, 0.2) is 162 Å². The number of fused-ring (bicyclic) bond motifs is 8. The molecule has 0 aliphatic rings. The van der Waals surface area contributed by atoms with E-state index in [1.165, 1.54) is 0 Å². The van der Waals surface area contributed by atoms with Crippen LogP contribution in [0.3, 0.4) is 0 Å². The van der Waals surface area contributed by atoms with Gasteiger partial charge in [0.15, 0.2) is 5.82 Å². The molecule has 0 saturated heterocycles. The first-order valence-corrected chi connectivity index (χ1v) is 16.6. The Bertz CT molecular complexity index is 2990. The van der Waals surface area contributed by atoms with E-state index in [-0.39, 0.29) is 0 Å². The minimum Gasteiger partial charge on any atom is -0.456 e. The molecular weight excluding hydrogens is 613 g/mol. The monoisotopic (exact) mass is 638 g/mol. The Morgan fingerprint density at radius 3 is 2.00 bits per heavy atom. The lowest BCUT2D eigenvalue weighted by atomic mass is 9.97. The van der Waals surface area contributed by atoms with E-state index >= 15 is 0 Å². The Kier molecular flexibility index (Phi) is 6.17. The summed E-state index contributed by atoms with van der Waals surface area (Å²) in [6.07, 6.45) is 0. The van der Waals surface area contributed by atoms with Gasteiger partial charge in [-0.1, -0.05) is 109 Å². The van der Waals surface area contributed by atoms with Gasteiger partial charge in [-0.25, -0.2) is 9.97 Å². The fraction of sp³-hybridized carbons (Fsp3) is 0. The second-order valence-electron chi connectivity index (χ2n) is 12.5. The predicted octanol–water partition coefficient (Wildman–Crippen LogP) is 11.5. The third-order valence-electron chi connectivity index (χ3n) is 9.63. The van der Waals surface area contributed by atoms with E-state index in [0.717, 1.165) is 76.9 Å². The quantitative estimate of drug-likeness (QED) is 0.192. The van der Waals surface area contributed by atoms with Crippen LogP contribution >= 0.6 is 0 Å². The van der Waals surface area contributed by atoms with E-state index in [1.54, 1.807) is 0 Å². The number of aromatic nitrogens is 3. The number of furan rings is 1. The highest BCUT2D eigenvalue weighted by molar-refractivity contribution is 6.24. The number of hydrogen-bond acceptors (Lipinski definition) is 4. The molecule has 0 fully saturated rings. The first-order chi connectivity index (χ1) is 24.7. The van der Waals surface area contributed by atoms with Gasteiger partial charge in [-0.05, 0) is 59.3 Å². The van der Waals surface area contributed by atoms with Crippen LogP contribution in [0.1, 0.15) is 5.56 Å². The molecule has 0 bridgehead atoms. The van der Waals surface area contributed by atoms with Crippen LogP contribution in [-0.2, 0) is 0 Å². The van der Waals surface area contributed by atoms with Crippen LogP contribution in [0, 0.1) is 11.3 Å². The zero-order valence-corrected chi connectivity index (χ0v) is 26.7. The van der Waals surface area contributed by atoms with Gasteiger partial charge < -0.3 is 8.98 Å². The maximum absolute atomic E-state index is 10.8. The minimum atomic E-state index is 0.439. The number of nitrogens with zero attached hydrogens (tertiary/aromatic N) is 4. The topological polar surface area (TPSA) is 67.6 Å². The molecule has 5 nitrogen and oxygen atoms in total. The van der Waals surface area contributed by atoms with Gasteiger partial charge in [-0.3, -0.25) is 0 Å². The first kappa shape index (κ1) is 28.0. The number of nitriles is 1. The minimum absolute atomic E-state index is 0.439. The zero-order chi connectivity index (χ0) is 33.2. The molecule has 0 saturated carbocycles. The Balaban J connectivity index is 1.28. The summed E-state index contributed by atoms with van der Waals surface area (Å²) in [6.45, 7) is 0. The number of hydrogen-bond donors (Lipinski definition) is 0. The van der Waals surface area contributed by atoms with Crippen LogP contribution in [-0.4, -0.2) is 14.5 Å². The van der Waals surface area contributed by atoms with Gasteiger partial charge >= 0.3 is 0 Å². The van der Waals surface area contributed by atoms with Crippen molar-refractivity contribution in [1.82, 2.24) is 14.5 Å². The van der Waals surface area contributed by atoms with Crippen molar-refractivity contribution >= 4 is 54.5 Å². The molecule has 0 N–H and O–H groups in total. The molecule has 7 aromatic carbocycles. The first-order valence-electron chi connectivity index (χ1n) is 16.6. The van der Waals surface area contributed by atoms with Crippen molar-refractivity contribution in [2.75, 3.05) is 0 Å². The molecule has 0 aliphatic heterocycles. The average molecular weight is 639 g/mol. The molecule has 0 aliphatic carbocycles. The van der Waals surface area contributed by atoms with Crippen LogP contribution in [0.4, 0.5) is 0 Å². The van der Waals surface area contributed by atoms with Gasteiger partial charge in [0.2, 0.25) is 0 Å². The Morgan fingerprint density at radius 2 is 1.20 bits per heavy atom. The number of para-hydroxylation sites is 2. The summed E-state index contributed by atoms with van der Waals surface area (Å²) in [6, 6.07) is 56.2. The summed E-state index contributed by atoms with van der Waals surface area (Å²) in [5, 5.41) is 17.3. The highest BCUT2D eigenvalue weighted by Gasteiger charge is 2.22. The molecule has 0 unspecified atom stereocenters. The lowest BCUT2D eigenvalue weighted by Crippen LogP contribution is -2.01. The highest BCUT2D eigenvalue weighted by atomic mass is 16.3. The standard InChI is InChI=1S/C45H26N4O/c46-27-37-42(31-20-19-28-11-7-8-14-30(28)25-31)47-45(29-12-3-1-4-13-29)48-43(37)32-21-23-38-36(26-32)34-22-24-40-41(35-17-9-10-18-39(35)50-40)44(34)49(38)33-15-5-2-6-16-33/h1-26H. The summed E-state index contributed by atoms with van der Waals surface area (Å²) < 4.78 is 8.66. The number of benzene rings is 7. The van der Waals surface area contributed by atoms with Crippen LogP contribution in [0.2, 0.25) is 0 Å². The van der Waals surface area contributed by atoms with Crippen molar-refractivity contribution in [3.05, 3.63) is 163 Å². The highest BCUT2D eigenvalue weighted by Crippen LogP contribution is 2.42. The van der Waals surface area contributed by atoms with E-state index in [1.807, 2.05) is 66.7 Å². The normalized spacial score (nSPS) is 11.6. The van der Waals surface area contributed by atoms with E-state index in [9.17, 15) is 5.26 Å². The largest absolute Gasteiger partial charge is 0.456 e. The summed E-state index contributed by atoms with van der Waals surface area (Å²) in [4.78, 5) is 10.2. The molecule has 5 heteroatoms. The summed E-state index contributed by atoms with van der Waals surface area (Å²) in [5.74, 6) is 0.571. The molecule has 0 atom stereocenters. The van der Waals surface area contributed by atoms with Crippen molar-refractivity contribution in [3.63, 3.8) is 0 Å². The average Bonchev–Trinajstić information content (AvgIpc) is 3.73. The lowest BCUT2D eigenvalue weighted by molar-refractivity contribution is 0.669. The van der Waals surface area contributed by atoms with E-state index in [0.29, 0.717) is 22.8 Å². The molecule has 0 spiro atoms. The molecule has 50 heavy (non-hydrogen) atoms. The molecular formula is C45H26N4O. The van der Waals surface area contributed by atoms with E-state index in [2.05, 4.69) is 102 Å². The summed E-state index contributed by atoms with van der Waals surface area (Å²) in [7, 11) is 0. The molecule has 0 amide bonds. The number of rotatable bonds is 4. The van der Waals surface area contributed by atoms with Gasteiger partial charge in [0, 0.05) is 38.5 Å². The van der Waals surface area contributed by atoms with Gasteiger partial charge in [0.1, 0.15) is 22.8 Å². The molecule has 3 heterocycles. The molecule has 10 rings (SSSR count). The maximum atomic E-state index is 10.8. The fourth-order valence-corrected chi connectivity index (χ4v) is 7.35. The molecule has 10 aromatic rings. The molecule has 0 radical (unpaired) electrons. The predicted molar refractivity (Wildman–Crippen MR) is 202 cm³/mol. The van der Waals surface area contributed by atoms with Gasteiger partial charge in [-0.2, -0.15) is 5.26 Å². The van der Waals surface area contributed by atoms with Crippen LogP contribution < -0.4 is 0 Å². The van der Waals surface area contributed by atoms with Gasteiger partial charge in [0.25, 0.3) is 0 Å². The molecule has 3 aromatic heterocycles. The molecule has 232 valence electrons. The third-order valence-corrected chi connectivity index (χ3v) is 9.63. The summed E-state index contributed by atoms with van der Waals surface area (Å²) >= 11 is 0. The van der Waals surface area contributed by atoms with Gasteiger partial charge in [-0.15, -0.1) is 0 Å². The van der Waals surface area contributed by atoms with E-state index in [4.69, 9.17) is 14.4 Å². The Morgan fingerprint density at radius 1 is 0.520 bits per heavy atom. The Labute approximate surface area is 286 Å². The maximum Gasteiger partial charge on any atom is 0.160 e. The van der Waals surface area contributed by atoms with Crippen LogP contribution in [0.25, 0.3) is 94.1 Å². The van der Waals surface area contributed by atoms with Gasteiger partial charge in [0.05, 0.1) is 27.8 Å². The van der Waals surface area contributed by atoms with Crippen molar-refractivity contribution in [3.8, 4) is 45.7 Å². The lowest BCUT2D eigenvalue weighted by Gasteiger charge is -2.13. The van der Waals surface area contributed by atoms with Crippen LogP contribution in [0.5, 0.6) is 0 Å². The van der Waals surface area contributed by atoms with E-state index < -0.39 is 0 Å². The fourth-order valence-electron chi connectivity index (χ4n) is 7.35. The van der Waals surface area contributed by atoms with Crippen molar-refractivity contribution < 1.29 is 4.42 Å². The second-order valence-corrected chi connectivity index (χ2v) is 12.5. The van der Waals surface area contributed by atoms with Crippen molar-refractivity contribution in [1.29, 1.82) is 5.26 Å². The van der Waals surface area contributed by atoms with Crippen molar-refractivity contribution in [2.45, 2.75) is 0 Å². The Hall–Kier alpha value is -7.03. The zero-order valence-electron chi connectivity index (χ0n) is 26.7.